The summed E-state index contributed by atoms with van der Waals surface area (Å²) in [4.78, 5) is 11.1. The Kier molecular flexibility index (Phi) is 8.26. The zero-order valence-corrected chi connectivity index (χ0v) is 14.3. The first-order valence-corrected chi connectivity index (χ1v) is 9.21. The largest absolute Gasteiger partial charge is 0.376 e. The minimum atomic E-state index is -0.414. The second-order valence-electron chi connectivity index (χ2n) is 6.79. The van der Waals surface area contributed by atoms with Gasteiger partial charge in [0.1, 0.15) is 0 Å². The summed E-state index contributed by atoms with van der Waals surface area (Å²) in [7, 11) is 0. The fourth-order valence-electron chi connectivity index (χ4n) is 3.41. The van der Waals surface area contributed by atoms with E-state index < -0.39 is 6.04 Å². The highest BCUT2D eigenvalue weighted by atomic mass is 16.7. The van der Waals surface area contributed by atoms with Crippen molar-refractivity contribution in [2.24, 2.45) is 0 Å². The van der Waals surface area contributed by atoms with Gasteiger partial charge in [-0.2, -0.15) is 0 Å². The average Bonchev–Trinajstić information content (AvgIpc) is 2.52. The SMILES string of the molecule is CCCCCCCC(CCCC1OC2COCC(C2)O1)[N+](=O)[O-]. The van der Waals surface area contributed by atoms with Crippen LogP contribution in [0.2, 0.25) is 0 Å². The third-order valence-electron chi connectivity index (χ3n) is 4.74. The van der Waals surface area contributed by atoms with Crippen molar-refractivity contribution in [3.8, 4) is 0 Å². The molecule has 6 nitrogen and oxygen atoms in total. The average molecular weight is 329 g/mol. The molecule has 0 aromatic carbocycles. The first-order chi connectivity index (χ1) is 11.2. The quantitative estimate of drug-likeness (QED) is 0.328. The highest BCUT2D eigenvalue weighted by Gasteiger charge is 2.33. The van der Waals surface area contributed by atoms with E-state index in [9.17, 15) is 10.1 Å². The van der Waals surface area contributed by atoms with Crippen LogP contribution in [0, 0.1) is 10.1 Å². The molecule has 0 aliphatic carbocycles. The Morgan fingerprint density at radius 2 is 1.70 bits per heavy atom. The summed E-state index contributed by atoms with van der Waals surface area (Å²) in [6, 6.07) is -0.414. The molecule has 2 saturated heterocycles. The maximum atomic E-state index is 11.2. The Bertz CT molecular complexity index is 340. The van der Waals surface area contributed by atoms with E-state index in [2.05, 4.69) is 6.92 Å². The van der Waals surface area contributed by atoms with Gasteiger partial charge in [-0.15, -0.1) is 0 Å². The highest BCUT2D eigenvalue weighted by molar-refractivity contribution is 4.76. The number of nitrogens with zero attached hydrogens (tertiary/aromatic N) is 1. The van der Waals surface area contributed by atoms with Gasteiger partial charge in [-0.1, -0.05) is 32.6 Å². The van der Waals surface area contributed by atoms with Crippen molar-refractivity contribution in [3.05, 3.63) is 10.1 Å². The smallest absolute Gasteiger partial charge is 0.213 e. The molecular weight excluding hydrogens is 298 g/mol. The number of ether oxygens (including phenoxy) is 3. The Balaban J connectivity index is 1.61. The van der Waals surface area contributed by atoms with Crippen LogP contribution in [0.15, 0.2) is 0 Å². The molecule has 0 radical (unpaired) electrons. The van der Waals surface area contributed by atoms with E-state index >= 15 is 0 Å². The second kappa shape index (κ2) is 10.2. The fourth-order valence-corrected chi connectivity index (χ4v) is 3.41. The molecule has 0 saturated carbocycles. The van der Waals surface area contributed by atoms with Gasteiger partial charge >= 0.3 is 0 Å². The number of unbranched alkanes of at least 4 members (excludes halogenated alkanes) is 4. The Morgan fingerprint density at radius 3 is 2.35 bits per heavy atom. The fraction of sp³-hybridized carbons (Fsp3) is 1.00. The lowest BCUT2D eigenvalue weighted by atomic mass is 10.0. The third-order valence-corrected chi connectivity index (χ3v) is 4.74. The van der Waals surface area contributed by atoms with Crippen molar-refractivity contribution in [3.63, 3.8) is 0 Å². The van der Waals surface area contributed by atoms with Gasteiger partial charge in [0, 0.05) is 24.2 Å². The zero-order valence-electron chi connectivity index (χ0n) is 14.3. The lowest BCUT2D eigenvalue weighted by Gasteiger charge is -2.39. The van der Waals surface area contributed by atoms with Crippen LogP contribution in [-0.2, 0) is 14.2 Å². The molecule has 2 fully saturated rings. The Hall–Kier alpha value is -0.720. The van der Waals surface area contributed by atoms with Crippen LogP contribution in [0.5, 0.6) is 0 Å². The van der Waals surface area contributed by atoms with Gasteiger partial charge in [-0.25, -0.2) is 0 Å². The summed E-state index contributed by atoms with van der Waals surface area (Å²) in [5.74, 6) is 0. The van der Waals surface area contributed by atoms with Crippen molar-refractivity contribution in [1.29, 1.82) is 0 Å². The molecular formula is C17H31NO5. The van der Waals surface area contributed by atoms with Crippen LogP contribution in [0.4, 0.5) is 0 Å². The lowest BCUT2D eigenvalue weighted by molar-refractivity contribution is -0.524. The summed E-state index contributed by atoms with van der Waals surface area (Å²) >= 11 is 0. The summed E-state index contributed by atoms with van der Waals surface area (Å²) in [6.07, 6.45) is 9.51. The second-order valence-corrected chi connectivity index (χ2v) is 6.79. The molecule has 2 rings (SSSR count). The third kappa shape index (κ3) is 6.73. The maximum Gasteiger partial charge on any atom is 0.213 e. The molecule has 3 atom stereocenters. The van der Waals surface area contributed by atoms with E-state index in [0.29, 0.717) is 26.1 Å². The van der Waals surface area contributed by atoms with Crippen LogP contribution in [0.25, 0.3) is 0 Å². The topological polar surface area (TPSA) is 70.8 Å². The van der Waals surface area contributed by atoms with Crippen molar-refractivity contribution in [1.82, 2.24) is 0 Å². The van der Waals surface area contributed by atoms with E-state index in [4.69, 9.17) is 14.2 Å². The van der Waals surface area contributed by atoms with E-state index in [-0.39, 0.29) is 23.4 Å². The van der Waals surface area contributed by atoms with Crippen LogP contribution in [0.3, 0.4) is 0 Å². The van der Waals surface area contributed by atoms with Crippen molar-refractivity contribution < 1.29 is 19.1 Å². The molecule has 2 aliphatic rings. The minimum Gasteiger partial charge on any atom is -0.376 e. The molecule has 2 bridgehead atoms. The Morgan fingerprint density at radius 1 is 1.04 bits per heavy atom. The number of fused-ring (bicyclic) bond motifs is 2. The normalized spacial score (nSPS) is 28.5. The summed E-state index contributed by atoms with van der Waals surface area (Å²) in [5, 5.41) is 11.2. The summed E-state index contributed by atoms with van der Waals surface area (Å²) < 4.78 is 17.0. The molecule has 0 amide bonds. The molecule has 3 unspecified atom stereocenters. The van der Waals surface area contributed by atoms with E-state index in [1.165, 1.54) is 19.3 Å². The first-order valence-electron chi connectivity index (χ1n) is 9.21. The van der Waals surface area contributed by atoms with Crippen molar-refractivity contribution in [2.75, 3.05) is 13.2 Å². The molecule has 134 valence electrons. The predicted octanol–water partition coefficient (Wildman–Crippen LogP) is 3.69. The van der Waals surface area contributed by atoms with Gasteiger partial charge < -0.3 is 14.2 Å². The molecule has 2 heterocycles. The van der Waals surface area contributed by atoms with Gasteiger partial charge in [0.05, 0.1) is 25.4 Å². The minimum absolute atomic E-state index is 0.106. The van der Waals surface area contributed by atoms with E-state index in [0.717, 1.165) is 32.1 Å². The molecule has 0 aromatic heterocycles. The zero-order chi connectivity index (χ0) is 16.5. The van der Waals surface area contributed by atoms with Gasteiger partial charge in [-0.3, -0.25) is 10.1 Å². The summed E-state index contributed by atoms with van der Waals surface area (Å²) in [6.45, 7) is 3.47. The molecule has 2 aliphatic heterocycles. The maximum absolute atomic E-state index is 11.2. The van der Waals surface area contributed by atoms with Crippen molar-refractivity contribution >= 4 is 0 Å². The van der Waals surface area contributed by atoms with Crippen LogP contribution >= 0.6 is 0 Å². The molecule has 0 spiro atoms. The number of hydrogen-bond acceptors (Lipinski definition) is 5. The Labute approximate surface area is 139 Å². The molecule has 0 aromatic rings. The van der Waals surface area contributed by atoms with Crippen molar-refractivity contribution in [2.45, 2.75) is 95.7 Å². The van der Waals surface area contributed by atoms with Gasteiger partial charge in [0.25, 0.3) is 0 Å². The standard InChI is InChI=1S/C17H31NO5/c1-2-3-4-5-6-8-14(18(19)20)9-7-10-17-22-15-11-16(23-17)13-21-12-15/h14-17H,2-13H2,1H3. The van der Waals surface area contributed by atoms with E-state index in [1.54, 1.807) is 0 Å². The number of hydrogen-bond donors (Lipinski definition) is 0. The van der Waals surface area contributed by atoms with Gasteiger partial charge in [0.2, 0.25) is 6.04 Å². The molecule has 23 heavy (non-hydrogen) atoms. The van der Waals surface area contributed by atoms with E-state index in [1.807, 2.05) is 0 Å². The summed E-state index contributed by atoms with van der Waals surface area (Å²) in [5.41, 5.74) is 0. The number of nitro groups is 1. The molecule has 0 N–H and O–H groups in total. The number of rotatable bonds is 11. The van der Waals surface area contributed by atoms with Gasteiger partial charge in [0.15, 0.2) is 6.29 Å². The lowest BCUT2D eigenvalue weighted by Crippen LogP contribution is -2.46. The van der Waals surface area contributed by atoms with Crippen LogP contribution < -0.4 is 0 Å². The van der Waals surface area contributed by atoms with Crippen LogP contribution in [0.1, 0.15) is 71.1 Å². The predicted molar refractivity (Wildman–Crippen MR) is 87.0 cm³/mol. The highest BCUT2D eigenvalue weighted by Crippen LogP contribution is 2.26. The monoisotopic (exact) mass is 329 g/mol. The molecule has 6 heteroatoms. The van der Waals surface area contributed by atoms with Gasteiger partial charge in [-0.05, 0) is 19.3 Å². The van der Waals surface area contributed by atoms with Crippen LogP contribution in [-0.4, -0.2) is 42.7 Å². The first kappa shape index (κ1) is 18.6.